The molecule has 0 bridgehead atoms. The van der Waals surface area contributed by atoms with Gasteiger partial charge in [-0.15, -0.1) is 11.6 Å². The summed E-state index contributed by atoms with van der Waals surface area (Å²) in [6, 6.07) is 0. The molecule has 0 saturated heterocycles. The van der Waals surface area contributed by atoms with Crippen molar-refractivity contribution in [2.75, 3.05) is 31.0 Å². The average molecular weight is 264 g/mol. The number of alkyl halides is 1. The van der Waals surface area contributed by atoms with Crippen molar-refractivity contribution in [2.45, 2.75) is 13.8 Å². The van der Waals surface area contributed by atoms with Crippen molar-refractivity contribution >= 4 is 29.0 Å². The number of aryl methyl sites for hydroxylation is 1. The summed E-state index contributed by atoms with van der Waals surface area (Å²) in [5.74, 6) is 1.27. The Balaban J connectivity index is 2.47. The number of hydrogen-bond donors (Lipinski definition) is 1. The Labute approximate surface area is 105 Å². The van der Waals surface area contributed by atoms with E-state index in [9.17, 15) is 0 Å². The number of hydrogen-bond acceptors (Lipinski definition) is 4. The van der Waals surface area contributed by atoms with E-state index < -0.39 is 0 Å². The van der Waals surface area contributed by atoms with Gasteiger partial charge in [0.25, 0.3) is 0 Å². The van der Waals surface area contributed by atoms with E-state index in [1.807, 2.05) is 13.8 Å². The Morgan fingerprint density at radius 2 is 2.00 bits per heavy atom. The van der Waals surface area contributed by atoms with Gasteiger partial charge in [-0.05, 0) is 25.4 Å². The van der Waals surface area contributed by atoms with Crippen LogP contribution in [-0.2, 0) is 4.74 Å². The van der Waals surface area contributed by atoms with Gasteiger partial charge in [-0.25, -0.2) is 9.97 Å². The second kappa shape index (κ2) is 6.89. The molecule has 0 saturated carbocycles. The SMILES string of the molecule is Cc1nc(Cl)nc(NCCOCCCl)c1C. The smallest absolute Gasteiger partial charge is 0.224 e. The first-order valence-corrected chi connectivity index (χ1v) is 5.94. The maximum Gasteiger partial charge on any atom is 0.224 e. The first-order chi connectivity index (χ1) is 7.65. The molecule has 1 heterocycles. The third-order valence-corrected chi connectivity index (χ3v) is 2.45. The fraction of sp³-hybridized carbons (Fsp3) is 0.600. The van der Waals surface area contributed by atoms with Crippen LogP contribution in [0.4, 0.5) is 5.82 Å². The molecule has 0 aliphatic carbocycles. The lowest BCUT2D eigenvalue weighted by molar-refractivity contribution is 0.160. The molecule has 16 heavy (non-hydrogen) atoms. The van der Waals surface area contributed by atoms with Crippen LogP contribution in [0, 0.1) is 13.8 Å². The van der Waals surface area contributed by atoms with Gasteiger partial charge in [-0.2, -0.15) is 0 Å². The normalized spacial score (nSPS) is 10.5. The minimum atomic E-state index is 0.257. The first-order valence-electron chi connectivity index (χ1n) is 5.03. The molecule has 1 N–H and O–H groups in total. The highest BCUT2D eigenvalue weighted by Gasteiger charge is 2.05. The standard InChI is InChI=1S/C10H15Cl2N3O/c1-7-8(2)14-10(12)15-9(7)13-4-6-16-5-3-11/h3-6H2,1-2H3,(H,13,14,15). The van der Waals surface area contributed by atoms with Gasteiger partial charge in [-0.3, -0.25) is 0 Å². The summed E-state index contributed by atoms with van der Waals surface area (Å²) >= 11 is 11.3. The zero-order valence-corrected chi connectivity index (χ0v) is 10.9. The molecule has 0 amide bonds. The quantitative estimate of drug-likeness (QED) is 0.487. The lowest BCUT2D eigenvalue weighted by Gasteiger charge is -2.10. The summed E-state index contributed by atoms with van der Waals surface area (Å²) in [7, 11) is 0. The van der Waals surface area contributed by atoms with E-state index in [1.54, 1.807) is 0 Å². The van der Waals surface area contributed by atoms with Crippen LogP contribution in [0.1, 0.15) is 11.3 Å². The van der Waals surface area contributed by atoms with Crippen LogP contribution in [0.2, 0.25) is 5.28 Å². The van der Waals surface area contributed by atoms with Crippen molar-refractivity contribution < 1.29 is 4.74 Å². The van der Waals surface area contributed by atoms with Crippen molar-refractivity contribution in [1.82, 2.24) is 9.97 Å². The van der Waals surface area contributed by atoms with Crippen molar-refractivity contribution in [2.24, 2.45) is 0 Å². The van der Waals surface area contributed by atoms with E-state index in [4.69, 9.17) is 27.9 Å². The van der Waals surface area contributed by atoms with Crippen LogP contribution in [-0.4, -0.2) is 35.6 Å². The molecule has 1 aromatic heterocycles. The number of rotatable bonds is 6. The molecular weight excluding hydrogens is 249 g/mol. The fourth-order valence-electron chi connectivity index (χ4n) is 1.17. The van der Waals surface area contributed by atoms with Crippen LogP contribution in [0.15, 0.2) is 0 Å². The maximum atomic E-state index is 5.77. The fourth-order valence-corrected chi connectivity index (χ4v) is 1.49. The third kappa shape index (κ3) is 4.12. The Morgan fingerprint density at radius 3 is 2.69 bits per heavy atom. The zero-order chi connectivity index (χ0) is 12.0. The predicted octanol–water partition coefficient (Wildman–Crippen LogP) is 2.41. The van der Waals surface area contributed by atoms with Crippen LogP contribution in [0.5, 0.6) is 0 Å². The largest absolute Gasteiger partial charge is 0.378 e. The van der Waals surface area contributed by atoms with Crippen LogP contribution in [0.3, 0.4) is 0 Å². The predicted molar refractivity (Wildman–Crippen MR) is 66.5 cm³/mol. The summed E-state index contributed by atoms with van der Waals surface area (Å²) in [4.78, 5) is 8.17. The Hall–Kier alpha value is -0.580. The number of nitrogens with zero attached hydrogens (tertiary/aromatic N) is 2. The van der Waals surface area contributed by atoms with E-state index in [0.29, 0.717) is 25.6 Å². The summed E-state index contributed by atoms with van der Waals surface area (Å²) in [6.07, 6.45) is 0. The first kappa shape index (κ1) is 13.5. The number of halogens is 2. The summed E-state index contributed by atoms with van der Waals surface area (Å²) < 4.78 is 5.23. The molecule has 90 valence electrons. The lowest BCUT2D eigenvalue weighted by atomic mass is 10.2. The van der Waals surface area contributed by atoms with Crippen LogP contribution in [0.25, 0.3) is 0 Å². The van der Waals surface area contributed by atoms with Gasteiger partial charge in [0.05, 0.1) is 13.2 Å². The highest BCUT2D eigenvalue weighted by atomic mass is 35.5. The Kier molecular flexibility index (Phi) is 5.80. The molecule has 0 fully saturated rings. The van der Waals surface area contributed by atoms with Crippen LogP contribution >= 0.6 is 23.2 Å². The molecule has 1 rings (SSSR count). The van der Waals surface area contributed by atoms with Gasteiger partial charge in [0.1, 0.15) is 5.82 Å². The highest BCUT2D eigenvalue weighted by Crippen LogP contribution is 2.16. The molecular formula is C10H15Cl2N3O. The van der Waals surface area contributed by atoms with E-state index in [2.05, 4.69) is 15.3 Å². The van der Waals surface area contributed by atoms with Gasteiger partial charge >= 0.3 is 0 Å². The molecule has 0 aliphatic heterocycles. The molecule has 0 radical (unpaired) electrons. The molecule has 0 aromatic carbocycles. The van der Waals surface area contributed by atoms with Crippen LogP contribution < -0.4 is 5.32 Å². The molecule has 1 aromatic rings. The van der Waals surface area contributed by atoms with Gasteiger partial charge < -0.3 is 10.1 Å². The van der Waals surface area contributed by atoms with Crippen molar-refractivity contribution in [1.29, 1.82) is 0 Å². The van der Waals surface area contributed by atoms with E-state index in [1.165, 1.54) is 0 Å². The second-order valence-corrected chi connectivity index (χ2v) is 4.00. The lowest BCUT2D eigenvalue weighted by Crippen LogP contribution is -2.13. The van der Waals surface area contributed by atoms with E-state index in [0.717, 1.165) is 17.1 Å². The molecule has 0 aliphatic rings. The minimum absolute atomic E-state index is 0.257. The molecule has 0 atom stereocenters. The topological polar surface area (TPSA) is 47.0 Å². The minimum Gasteiger partial charge on any atom is -0.378 e. The summed E-state index contributed by atoms with van der Waals surface area (Å²) in [5, 5.41) is 3.41. The monoisotopic (exact) mass is 263 g/mol. The second-order valence-electron chi connectivity index (χ2n) is 3.28. The molecule has 0 unspecified atom stereocenters. The highest BCUT2D eigenvalue weighted by molar-refractivity contribution is 6.28. The van der Waals surface area contributed by atoms with E-state index in [-0.39, 0.29) is 5.28 Å². The Morgan fingerprint density at radius 1 is 1.25 bits per heavy atom. The van der Waals surface area contributed by atoms with Crippen molar-refractivity contribution in [3.05, 3.63) is 16.5 Å². The average Bonchev–Trinajstić information content (AvgIpc) is 2.24. The zero-order valence-electron chi connectivity index (χ0n) is 9.39. The number of aromatic nitrogens is 2. The third-order valence-electron chi connectivity index (χ3n) is 2.12. The number of ether oxygens (including phenoxy) is 1. The van der Waals surface area contributed by atoms with E-state index >= 15 is 0 Å². The number of anilines is 1. The van der Waals surface area contributed by atoms with Crippen molar-refractivity contribution in [3.63, 3.8) is 0 Å². The van der Waals surface area contributed by atoms with Gasteiger partial charge in [-0.1, -0.05) is 0 Å². The Bertz CT molecular complexity index is 347. The van der Waals surface area contributed by atoms with Gasteiger partial charge in [0.2, 0.25) is 5.28 Å². The maximum absolute atomic E-state index is 5.77. The number of nitrogens with one attached hydrogen (secondary N) is 1. The molecule has 4 nitrogen and oxygen atoms in total. The van der Waals surface area contributed by atoms with Gasteiger partial charge in [0.15, 0.2) is 0 Å². The van der Waals surface area contributed by atoms with Crippen molar-refractivity contribution in [3.8, 4) is 0 Å². The summed E-state index contributed by atoms with van der Waals surface area (Å²) in [6.45, 7) is 5.68. The van der Waals surface area contributed by atoms with Gasteiger partial charge in [0, 0.05) is 23.7 Å². The molecule has 6 heteroatoms. The molecule has 0 spiro atoms. The summed E-state index contributed by atoms with van der Waals surface area (Å²) in [5.41, 5.74) is 1.88.